The second kappa shape index (κ2) is 2.52. The van der Waals surface area contributed by atoms with E-state index in [1.807, 2.05) is 0 Å². The van der Waals surface area contributed by atoms with Gasteiger partial charge in [0.1, 0.15) is 5.42 Å². The van der Waals surface area contributed by atoms with E-state index in [4.69, 9.17) is 4.42 Å². The third-order valence-electron chi connectivity index (χ3n) is 1.21. The lowest BCUT2D eigenvalue weighted by atomic mass is 10.4. The van der Waals surface area contributed by atoms with Crippen molar-refractivity contribution < 1.29 is 4.42 Å². The summed E-state index contributed by atoms with van der Waals surface area (Å²) in [6.07, 6.45) is 1.71. The monoisotopic (exact) mass is 136 g/mol. The molecule has 0 fully saturated rings. The Hall–Kier alpha value is -1.31. The number of hydrogen-bond donors (Lipinski definition) is 0. The predicted molar refractivity (Wildman–Crippen MR) is 39.9 cm³/mol. The van der Waals surface area contributed by atoms with Crippen molar-refractivity contribution in [1.29, 1.82) is 0 Å². The molecule has 0 aliphatic carbocycles. The highest BCUT2D eigenvalue weighted by Gasteiger charge is 1.83. The lowest BCUT2D eigenvalue weighted by molar-refractivity contribution is 0.473. The van der Waals surface area contributed by atoms with E-state index in [0.29, 0.717) is 5.42 Å². The van der Waals surface area contributed by atoms with Crippen LogP contribution in [0.3, 0.4) is 0 Å². The van der Waals surface area contributed by atoms with Crippen LogP contribution in [0.1, 0.15) is 6.92 Å². The molecule has 1 aromatic rings. The fraction of sp³-hybridized carbons (Fsp3) is 0.125. The zero-order valence-corrected chi connectivity index (χ0v) is 5.76. The Labute approximate surface area is 58.1 Å². The van der Waals surface area contributed by atoms with Gasteiger partial charge in [-0.3, -0.25) is 0 Å². The summed E-state index contributed by atoms with van der Waals surface area (Å²) in [6, 6.07) is 3.00. The Morgan fingerprint density at radius 3 is 2.80 bits per heavy atom. The normalized spacial score (nSPS) is 11.9. The highest BCUT2D eigenvalue weighted by Crippen LogP contribution is 1.59. The summed E-state index contributed by atoms with van der Waals surface area (Å²) in [5, 5.41) is 0.738. The van der Waals surface area contributed by atoms with Gasteiger partial charge in [-0.15, -0.1) is 0 Å². The van der Waals surface area contributed by atoms with E-state index in [-0.39, 0.29) is 5.63 Å². The molecule has 0 aromatic carbocycles. The first-order valence-electron chi connectivity index (χ1n) is 2.99. The van der Waals surface area contributed by atoms with Gasteiger partial charge in [-0.2, -0.15) is 0 Å². The molecule has 0 aliphatic heterocycles. The molecule has 0 radical (unpaired) electrons. The van der Waals surface area contributed by atoms with Gasteiger partial charge in [0.25, 0.3) is 0 Å². The molecule has 1 heterocycles. The van der Waals surface area contributed by atoms with Gasteiger partial charge in [0.05, 0.1) is 0 Å². The molecule has 0 bridgehead atoms. The second-order valence-electron chi connectivity index (χ2n) is 1.93. The zero-order valence-electron chi connectivity index (χ0n) is 5.76. The predicted octanol–water partition coefficient (Wildman–Crippen LogP) is -0.149. The van der Waals surface area contributed by atoms with Crippen molar-refractivity contribution >= 4 is 12.7 Å². The van der Waals surface area contributed by atoms with Gasteiger partial charge < -0.3 is 4.42 Å². The quantitative estimate of drug-likeness (QED) is 0.496. The first kappa shape index (κ1) is 6.81. The van der Waals surface area contributed by atoms with E-state index in [2.05, 4.69) is 6.58 Å². The van der Waals surface area contributed by atoms with Gasteiger partial charge >= 0.3 is 5.63 Å². The van der Waals surface area contributed by atoms with Crippen LogP contribution in [0.5, 0.6) is 0 Å². The lowest BCUT2D eigenvalue weighted by Gasteiger charge is -1.82. The molecule has 1 rings (SSSR count). The molecular formula is C8H8O2. The summed E-state index contributed by atoms with van der Waals surface area (Å²) in [7, 11) is 0. The van der Waals surface area contributed by atoms with Crippen LogP contribution in [0, 0.1) is 0 Å². The average molecular weight is 136 g/mol. The molecule has 0 saturated carbocycles. The Bertz CT molecular complexity index is 373. The van der Waals surface area contributed by atoms with Crippen LogP contribution in [-0.2, 0) is 0 Å². The first-order chi connectivity index (χ1) is 4.74. The molecule has 0 N–H and O–H groups in total. The van der Waals surface area contributed by atoms with E-state index in [1.54, 1.807) is 19.1 Å². The lowest BCUT2D eigenvalue weighted by Crippen LogP contribution is -2.26. The maximum Gasteiger partial charge on any atom is 0.336 e. The van der Waals surface area contributed by atoms with Crippen molar-refractivity contribution in [2.75, 3.05) is 0 Å². The van der Waals surface area contributed by atoms with E-state index in [1.165, 1.54) is 6.07 Å². The first-order valence-corrected chi connectivity index (χ1v) is 2.99. The summed E-state index contributed by atoms with van der Waals surface area (Å²) in [4.78, 5) is 10.6. The minimum absolute atomic E-state index is 0.333. The van der Waals surface area contributed by atoms with Crippen LogP contribution >= 0.6 is 0 Å². The SMILES string of the molecule is C=c1ccc(=O)o/c1=C/C. The highest BCUT2D eigenvalue weighted by atomic mass is 16.4. The van der Waals surface area contributed by atoms with E-state index in [0.717, 1.165) is 5.22 Å². The van der Waals surface area contributed by atoms with E-state index >= 15 is 0 Å². The standard InChI is InChI=1S/C8H8O2/c1-3-7-6(2)4-5-8(9)10-7/h3-5H,2H2,1H3/b7-3+. The highest BCUT2D eigenvalue weighted by molar-refractivity contribution is 5.16. The van der Waals surface area contributed by atoms with Crippen molar-refractivity contribution in [3.8, 4) is 0 Å². The van der Waals surface area contributed by atoms with Crippen LogP contribution in [0.25, 0.3) is 12.7 Å². The van der Waals surface area contributed by atoms with Crippen molar-refractivity contribution in [3.63, 3.8) is 0 Å². The van der Waals surface area contributed by atoms with Gasteiger partial charge in [-0.05, 0) is 19.1 Å². The Kier molecular flexibility index (Phi) is 1.71. The summed E-state index contributed by atoms with van der Waals surface area (Å²) in [5.41, 5.74) is 0.216. The maximum atomic E-state index is 10.6. The topological polar surface area (TPSA) is 30.2 Å². The summed E-state index contributed by atoms with van der Waals surface area (Å²) < 4.78 is 4.78. The van der Waals surface area contributed by atoms with Gasteiger partial charge in [0.15, 0.2) is 0 Å². The van der Waals surface area contributed by atoms with Crippen molar-refractivity contribution in [3.05, 3.63) is 33.2 Å². The van der Waals surface area contributed by atoms with Gasteiger partial charge in [0, 0.05) is 11.3 Å². The molecule has 10 heavy (non-hydrogen) atoms. The summed E-state index contributed by atoms with van der Waals surface area (Å²) in [5.74, 6) is 0. The van der Waals surface area contributed by atoms with Crippen LogP contribution in [0.2, 0.25) is 0 Å². The molecule has 0 aliphatic rings. The molecule has 0 unspecified atom stereocenters. The molecule has 0 saturated heterocycles. The third-order valence-corrected chi connectivity index (χ3v) is 1.21. The molecule has 0 spiro atoms. The van der Waals surface area contributed by atoms with Crippen LogP contribution in [-0.4, -0.2) is 0 Å². The van der Waals surface area contributed by atoms with Gasteiger partial charge in [-0.25, -0.2) is 4.79 Å². The molecule has 2 nitrogen and oxygen atoms in total. The smallest absolute Gasteiger partial charge is 0.336 e. The number of hydrogen-bond acceptors (Lipinski definition) is 2. The molecule has 0 atom stereocenters. The van der Waals surface area contributed by atoms with Crippen LogP contribution in [0.15, 0.2) is 21.3 Å². The van der Waals surface area contributed by atoms with E-state index < -0.39 is 0 Å². The Morgan fingerprint density at radius 2 is 2.30 bits per heavy atom. The van der Waals surface area contributed by atoms with Crippen LogP contribution < -0.4 is 16.3 Å². The fourth-order valence-electron chi connectivity index (χ4n) is 0.703. The minimum Gasteiger partial charge on any atom is -0.423 e. The summed E-state index contributed by atoms with van der Waals surface area (Å²) in [6.45, 7) is 5.47. The van der Waals surface area contributed by atoms with Crippen molar-refractivity contribution in [1.82, 2.24) is 0 Å². The second-order valence-corrected chi connectivity index (χ2v) is 1.93. The minimum atomic E-state index is -0.333. The van der Waals surface area contributed by atoms with Crippen molar-refractivity contribution in [2.24, 2.45) is 0 Å². The van der Waals surface area contributed by atoms with E-state index in [9.17, 15) is 4.79 Å². The Morgan fingerprint density at radius 1 is 1.60 bits per heavy atom. The molecule has 2 heteroatoms. The summed E-state index contributed by atoms with van der Waals surface area (Å²) >= 11 is 0. The molecule has 0 amide bonds. The number of rotatable bonds is 0. The zero-order chi connectivity index (χ0) is 7.56. The van der Waals surface area contributed by atoms with Crippen molar-refractivity contribution in [2.45, 2.75) is 6.92 Å². The van der Waals surface area contributed by atoms with Crippen LogP contribution in [0.4, 0.5) is 0 Å². The molecule has 1 aromatic heterocycles. The maximum absolute atomic E-state index is 10.6. The van der Waals surface area contributed by atoms with Gasteiger partial charge in [0.2, 0.25) is 0 Å². The van der Waals surface area contributed by atoms with Gasteiger partial charge in [-0.1, -0.05) is 6.58 Å². The molecular weight excluding hydrogens is 128 g/mol. The average Bonchev–Trinajstić information content (AvgIpc) is 1.94. The largest absolute Gasteiger partial charge is 0.423 e. The fourth-order valence-corrected chi connectivity index (χ4v) is 0.703. The third kappa shape index (κ3) is 1.16. The molecule has 52 valence electrons. The Balaban J connectivity index is 3.69.